The van der Waals surface area contributed by atoms with Gasteiger partial charge >= 0.3 is 0 Å². The van der Waals surface area contributed by atoms with E-state index in [9.17, 15) is 0 Å². The Labute approximate surface area is 122 Å². The molecule has 3 aromatic carbocycles. The summed E-state index contributed by atoms with van der Waals surface area (Å²) in [6.07, 6.45) is 0. The first-order valence-electron chi connectivity index (χ1n) is 6.09. The van der Waals surface area contributed by atoms with Gasteiger partial charge in [-0.2, -0.15) is 0 Å². The maximum Gasteiger partial charge on any atom is 0.0832 e. The van der Waals surface area contributed by atoms with E-state index in [2.05, 4.69) is 54.6 Å². The fraction of sp³-hybridized carbons (Fsp3) is 0. The lowest BCUT2D eigenvalue weighted by Gasteiger charge is -2.07. The minimum atomic E-state index is 0.919. The van der Waals surface area contributed by atoms with Gasteiger partial charge in [0.1, 0.15) is 0 Å². The highest BCUT2D eigenvalue weighted by atomic mass is 32.2. The van der Waals surface area contributed by atoms with Gasteiger partial charge in [-0.25, -0.2) is 0 Å². The molecule has 0 unspecified atom stereocenters. The lowest BCUT2D eigenvalue weighted by molar-refractivity contribution is 1.48. The van der Waals surface area contributed by atoms with Gasteiger partial charge < -0.3 is 0 Å². The van der Waals surface area contributed by atoms with Crippen LogP contribution in [0.15, 0.2) is 77.7 Å². The Balaban J connectivity index is 1.98. The molecule has 0 aliphatic rings. The third-order valence-electron chi connectivity index (χ3n) is 2.96. The van der Waals surface area contributed by atoms with Crippen LogP contribution in [-0.4, -0.2) is 4.20 Å². The van der Waals surface area contributed by atoms with Crippen molar-refractivity contribution < 1.29 is 0 Å². The van der Waals surface area contributed by atoms with E-state index in [0.717, 1.165) is 9.76 Å². The van der Waals surface area contributed by atoms with Crippen LogP contribution in [0.5, 0.6) is 0 Å². The van der Waals surface area contributed by atoms with E-state index < -0.39 is 0 Å². The average Bonchev–Trinajstić information content (AvgIpc) is 2.47. The van der Waals surface area contributed by atoms with Gasteiger partial charge in [-0.1, -0.05) is 84.6 Å². The van der Waals surface area contributed by atoms with E-state index in [4.69, 9.17) is 12.2 Å². The smallest absolute Gasteiger partial charge is 0.0777 e. The lowest BCUT2D eigenvalue weighted by atomic mass is 10.1. The van der Waals surface area contributed by atoms with Crippen molar-refractivity contribution in [2.75, 3.05) is 0 Å². The second-order valence-corrected chi connectivity index (χ2v) is 5.98. The Hall–Kier alpha value is -1.64. The number of thioether (sulfide) groups is 1. The molecule has 0 aromatic heterocycles. The summed E-state index contributed by atoms with van der Waals surface area (Å²) in [5.74, 6) is 0. The molecular weight excluding hydrogens is 268 g/mol. The van der Waals surface area contributed by atoms with Crippen molar-refractivity contribution >= 4 is 38.9 Å². The summed E-state index contributed by atoms with van der Waals surface area (Å²) >= 11 is 7.24. The zero-order valence-corrected chi connectivity index (χ0v) is 11.9. The molecule has 92 valence electrons. The van der Waals surface area contributed by atoms with Gasteiger partial charge in [0, 0.05) is 10.5 Å². The molecule has 0 nitrogen and oxygen atoms in total. The fourth-order valence-corrected chi connectivity index (χ4v) is 3.32. The Morgan fingerprint density at radius 3 is 2.26 bits per heavy atom. The lowest BCUT2D eigenvalue weighted by Crippen LogP contribution is -1.93. The first kappa shape index (κ1) is 12.4. The van der Waals surface area contributed by atoms with Gasteiger partial charge in [0.2, 0.25) is 0 Å². The standard InChI is InChI=1S/C17H12S2/c18-17(19-14-9-2-1-3-10-14)16-12-6-8-13-7-4-5-11-15(13)16/h1-12H. The van der Waals surface area contributed by atoms with Crippen LogP contribution in [0.4, 0.5) is 0 Å². The third-order valence-corrected chi connectivity index (χ3v) is 4.35. The van der Waals surface area contributed by atoms with Crippen LogP contribution in [0.2, 0.25) is 0 Å². The summed E-state index contributed by atoms with van der Waals surface area (Å²) in [6, 6.07) is 24.9. The Morgan fingerprint density at radius 1 is 0.737 bits per heavy atom. The normalized spacial score (nSPS) is 10.5. The van der Waals surface area contributed by atoms with Crippen molar-refractivity contribution in [1.82, 2.24) is 0 Å². The molecule has 0 spiro atoms. The maximum atomic E-state index is 5.59. The van der Waals surface area contributed by atoms with Crippen LogP contribution < -0.4 is 0 Å². The summed E-state index contributed by atoms with van der Waals surface area (Å²) in [6.45, 7) is 0. The van der Waals surface area contributed by atoms with Gasteiger partial charge in [0.25, 0.3) is 0 Å². The average molecular weight is 280 g/mol. The topological polar surface area (TPSA) is 0 Å². The van der Waals surface area contributed by atoms with Crippen LogP contribution in [0, 0.1) is 0 Å². The molecule has 0 bridgehead atoms. The first-order chi connectivity index (χ1) is 9.34. The van der Waals surface area contributed by atoms with Crippen molar-refractivity contribution in [2.45, 2.75) is 4.90 Å². The predicted molar refractivity (Wildman–Crippen MR) is 87.9 cm³/mol. The van der Waals surface area contributed by atoms with Crippen molar-refractivity contribution in [3.63, 3.8) is 0 Å². The number of rotatable bonds is 2. The molecule has 0 N–H and O–H groups in total. The SMILES string of the molecule is S=C(Sc1ccccc1)c1cccc2ccccc12. The molecule has 0 saturated carbocycles. The molecule has 3 aromatic rings. The van der Waals surface area contributed by atoms with Crippen LogP contribution in [0.3, 0.4) is 0 Å². The minimum absolute atomic E-state index is 0.919. The molecule has 0 heterocycles. The van der Waals surface area contributed by atoms with Crippen molar-refractivity contribution in [2.24, 2.45) is 0 Å². The van der Waals surface area contributed by atoms with Crippen molar-refractivity contribution in [3.8, 4) is 0 Å². The Bertz CT molecular complexity index is 712. The molecule has 3 rings (SSSR count). The highest BCUT2D eigenvalue weighted by Gasteiger charge is 2.07. The summed E-state index contributed by atoms with van der Waals surface area (Å²) in [5, 5.41) is 2.45. The van der Waals surface area contributed by atoms with Crippen molar-refractivity contribution in [1.29, 1.82) is 0 Å². The zero-order valence-electron chi connectivity index (χ0n) is 10.2. The van der Waals surface area contributed by atoms with Gasteiger partial charge in [-0.3, -0.25) is 0 Å². The zero-order chi connectivity index (χ0) is 13.1. The molecule has 2 heteroatoms. The summed E-state index contributed by atoms with van der Waals surface area (Å²) < 4.78 is 0.919. The quantitative estimate of drug-likeness (QED) is 0.461. The van der Waals surface area contributed by atoms with Crippen molar-refractivity contribution in [3.05, 3.63) is 78.4 Å². The van der Waals surface area contributed by atoms with Gasteiger partial charge in [0.15, 0.2) is 0 Å². The van der Waals surface area contributed by atoms with Crippen LogP contribution >= 0.6 is 24.0 Å². The van der Waals surface area contributed by atoms with E-state index in [0.29, 0.717) is 0 Å². The molecule has 0 fully saturated rings. The Morgan fingerprint density at radius 2 is 1.42 bits per heavy atom. The van der Waals surface area contributed by atoms with Crippen LogP contribution in [0.1, 0.15) is 5.56 Å². The second-order valence-electron chi connectivity index (χ2n) is 4.23. The highest BCUT2D eigenvalue weighted by molar-refractivity contribution is 8.23. The molecular formula is C17H12S2. The molecule has 0 radical (unpaired) electrons. The number of benzene rings is 3. The monoisotopic (exact) mass is 280 g/mol. The molecule has 0 saturated heterocycles. The number of hydrogen-bond donors (Lipinski definition) is 0. The number of hydrogen-bond acceptors (Lipinski definition) is 2. The number of thiocarbonyl (C=S) groups is 1. The van der Waals surface area contributed by atoms with Crippen LogP contribution in [-0.2, 0) is 0 Å². The van der Waals surface area contributed by atoms with E-state index >= 15 is 0 Å². The van der Waals surface area contributed by atoms with E-state index in [1.807, 2.05) is 18.2 Å². The predicted octanol–water partition coefficient (Wildman–Crippen LogP) is 5.31. The van der Waals surface area contributed by atoms with Crippen LogP contribution in [0.25, 0.3) is 10.8 Å². The fourth-order valence-electron chi connectivity index (χ4n) is 2.05. The molecule has 0 aliphatic heterocycles. The molecule has 0 amide bonds. The van der Waals surface area contributed by atoms with Gasteiger partial charge in [-0.05, 0) is 22.9 Å². The molecule has 19 heavy (non-hydrogen) atoms. The maximum absolute atomic E-state index is 5.59. The number of fused-ring (bicyclic) bond motifs is 1. The Kier molecular flexibility index (Phi) is 3.62. The summed E-state index contributed by atoms with van der Waals surface area (Å²) in [5.41, 5.74) is 1.14. The third kappa shape index (κ3) is 2.70. The largest absolute Gasteiger partial charge is 0.0832 e. The summed E-state index contributed by atoms with van der Waals surface area (Å²) in [7, 11) is 0. The highest BCUT2D eigenvalue weighted by Crippen LogP contribution is 2.28. The summed E-state index contributed by atoms with van der Waals surface area (Å²) in [4.78, 5) is 1.18. The van der Waals surface area contributed by atoms with Gasteiger partial charge in [-0.15, -0.1) is 0 Å². The van der Waals surface area contributed by atoms with E-state index in [-0.39, 0.29) is 0 Å². The first-order valence-corrected chi connectivity index (χ1v) is 7.32. The molecule has 0 aliphatic carbocycles. The van der Waals surface area contributed by atoms with Gasteiger partial charge in [0.05, 0.1) is 4.20 Å². The molecule has 0 atom stereocenters. The minimum Gasteiger partial charge on any atom is -0.0777 e. The second kappa shape index (κ2) is 5.55. The van der Waals surface area contributed by atoms with E-state index in [1.165, 1.54) is 15.7 Å². The van der Waals surface area contributed by atoms with E-state index in [1.54, 1.807) is 11.8 Å².